The van der Waals surface area contributed by atoms with Gasteiger partial charge in [-0.15, -0.1) is 11.3 Å². The number of carbonyl (C=O) groups is 2. The first-order chi connectivity index (χ1) is 10.7. The van der Waals surface area contributed by atoms with Gasteiger partial charge in [0.15, 0.2) is 0 Å². The van der Waals surface area contributed by atoms with Gasteiger partial charge in [0.25, 0.3) is 5.91 Å². The van der Waals surface area contributed by atoms with E-state index in [-0.39, 0.29) is 11.8 Å². The first kappa shape index (κ1) is 14.4. The van der Waals surface area contributed by atoms with Gasteiger partial charge in [0.1, 0.15) is 5.78 Å². The van der Waals surface area contributed by atoms with Crippen LogP contribution in [0.15, 0.2) is 0 Å². The second kappa shape index (κ2) is 5.78. The van der Waals surface area contributed by atoms with Gasteiger partial charge in [-0.05, 0) is 43.6 Å². The van der Waals surface area contributed by atoms with Crippen LogP contribution < -0.4 is 10.6 Å². The lowest BCUT2D eigenvalue weighted by atomic mass is 10.0. The molecule has 22 heavy (non-hydrogen) atoms. The molecule has 1 aromatic heterocycles. The van der Waals surface area contributed by atoms with Crippen LogP contribution in [-0.4, -0.2) is 24.8 Å². The maximum Gasteiger partial charge on any atom is 0.252 e. The van der Waals surface area contributed by atoms with Gasteiger partial charge in [-0.2, -0.15) is 0 Å². The summed E-state index contributed by atoms with van der Waals surface area (Å²) >= 11 is 1.69. The van der Waals surface area contributed by atoms with Gasteiger partial charge in [-0.25, -0.2) is 0 Å². The summed E-state index contributed by atoms with van der Waals surface area (Å²) in [5.74, 6) is 1.29. The van der Waals surface area contributed by atoms with Crippen molar-refractivity contribution in [1.82, 2.24) is 10.6 Å². The second-order valence-electron chi connectivity index (χ2n) is 6.80. The Morgan fingerprint density at radius 3 is 2.77 bits per heavy atom. The Labute approximate surface area is 134 Å². The largest absolute Gasteiger partial charge is 0.352 e. The SMILES string of the molecule is O=C(NCC1CC1)c1c(CC(=O)C2CC2)sc2c1CNCC2. The van der Waals surface area contributed by atoms with Gasteiger partial charge < -0.3 is 10.6 Å². The van der Waals surface area contributed by atoms with Crippen molar-refractivity contribution in [2.24, 2.45) is 11.8 Å². The molecule has 0 aromatic carbocycles. The number of amides is 1. The van der Waals surface area contributed by atoms with E-state index in [9.17, 15) is 9.59 Å². The van der Waals surface area contributed by atoms with E-state index < -0.39 is 0 Å². The number of ketones is 1. The Morgan fingerprint density at radius 2 is 2.05 bits per heavy atom. The minimum atomic E-state index is 0.0340. The van der Waals surface area contributed by atoms with Gasteiger partial charge in [-0.3, -0.25) is 9.59 Å². The van der Waals surface area contributed by atoms with Gasteiger partial charge in [0, 0.05) is 41.7 Å². The Hall–Kier alpha value is -1.20. The lowest BCUT2D eigenvalue weighted by Gasteiger charge is -2.14. The molecular formula is C17H22N2O2S. The third-order valence-corrected chi connectivity index (χ3v) is 6.13. The van der Waals surface area contributed by atoms with E-state index in [4.69, 9.17) is 0 Å². The van der Waals surface area contributed by atoms with Crippen molar-refractivity contribution in [3.63, 3.8) is 0 Å². The lowest BCUT2D eigenvalue weighted by molar-refractivity contribution is -0.119. The van der Waals surface area contributed by atoms with Crippen molar-refractivity contribution < 1.29 is 9.59 Å². The molecule has 1 aromatic rings. The van der Waals surface area contributed by atoms with Crippen molar-refractivity contribution in [1.29, 1.82) is 0 Å². The van der Waals surface area contributed by atoms with Gasteiger partial charge in [0.2, 0.25) is 0 Å². The fourth-order valence-corrected chi connectivity index (χ4v) is 4.45. The summed E-state index contributed by atoms with van der Waals surface area (Å²) < 4.78 is 0. The van der Waals surface area contributed by atoms with Crippen LogP contribution >= 0.6 is 11.3 Å². The molecule has 2 heterocycles. The predicted molar refractivity (Wildman–Crippen MR) is 86.2 cm³/mol. The van der Waals surface area contributed by atoms with Crippen molar-refractivity contribution in [3.05, 3.63) is 20.9 Å². The van der Waals surface area contributed by atoms with Crippen LogP contribution in [-0.2, 0) is 24.2 Å². The molecule has 0 unspecified atom stereocenters. The van der Waals surface area contributed by atoms with Crippen LogP contribution in [0.5, 0.6) is 0 Å². The molecule has 118 valence electrons. The second-order valence-corrected chi connectivity index (χ2v) is 7.99. The molecule has 2 aliphatic carbocycles. The Kier molecular flexibility index (Phi) is 3.78. The average Bonchev–Trinajstić information content (AvgIpc) is 3.41. The summed E-state index contributed by atoms with van der Waals surface area (Å²) in [4.78, 5) is 27.2. The fourth-order valence-electron chi connectivity index (χ4n) is 3.12. The van der Waals surface area contributed by atoms with Crippen LogP contribution in [0.2, 0.25) is 0 Å². The quantitative estimate of drug-likeness (QED) is 0.844. The summed E-state index contributed by atoms with van der Waals surface area (Å²) in [5.41, 5.74) is 1.95. The molecule has 2 fully saturated rings. The number of rotatable bonds is 6. The minimum absolute atomic E-state index is 0.0340. The maximum absolute atomic E-state index is 12.7. The molecule has 0 atom stereocenters. The molecule has 1 aliphatic heterocycles. The fraction of sp³-hybridized carbons (Fsp3) is 0.647. The van der Waals surface area contributed by atoms with Gasteiger partial charge in [0.05, 0.1) is 5.56 Å². The van der Waals surface area contributed by atoms with Crippen LogP contribution in [0, 0.1) is 11.8 Å². The van der Waals surface area contributed by atoms with E-state index in [1.807, 2.05) is 0 Å². The molecule has 4 nitrogen and oxygen atoms in total. The lowest BCUT2D eigenvalue weighted by Crippen LogP contribution is -2.30. The normalized spacial score (nSPS) is 20.5. The first-order valence-corrected chi connectivity index (χ1v) is 9.19. The number of carbonyl (C=O) groups excluding carboxylic acids is 2. The highest BCUT2D eigenvalue weighted by atomic mass is 32.1. The van der Waals surface area contributed by atoms with Crippen LogP contribution in [0.4, 0.5) is 0 Å². The molecule has 5 heteroatoms. The summed E-state index contributed by atoms with van der Waals surface area (Å²) in [7, 11) is 0. The molecule has 2 saturated carbocycles. The third kappa shape index (κ3) is 2.97. The molecule has 0 saturated heterocycles. The van der Waals surface area contributed by atoms with Gasteiger partial charge in [-0.1, -0.05) is 0 Å². The minimum Gasteiger partial charge on any atom is -0.352 e. The van der Waals surface area contributed by atoms with Gasteiger partial charge >= 0.3 is 0 Å². The average molecular weight is 318 g/mol. The van der Waals surface area contributed by atoms with E-state index in [0.29, 0.717) is 18.1 Å². The zero-order valence-corrected chi connectivity index (χ0v) is 13.6. The van der Waals surface area contributed by atoms with Crippen molar-refractivity contribution in [3.8, 4) is 0 Å². The van der Waals surface area contributed by atoms with Crippen LogP contribution in [0.25, 0.3) is 0 Å². The zero-order valence-electron chi connectivity index (χ0n) is 12.7. The van der Waals surface area contributed by atoms with E-state index in [2.05, 4.69) is 10.6 Å². The number of nitrogens with one attached hydrogen (secondary N) is 2. The topological polar surface area (TPSA) is 58.2 Å². The highest BCUT2D eigenvalue weighted by Gasteiger charge is 2.33. The third-order valence-electron chi connectivity index (χ3n) is 4.84. The molecule has 3 aliphatic rings. The molecular weight excluding hydrogens is 296 g/mol. The van der Waals surface area contributed by atoms with E-state index in [1.54, 1.807) is 11.3 Å². The Morgan fingerprint density at radius 1 is 1.23 bits per heavy atom. The summed E-state index contributed by atoms with van der Waals surface area (Å²) in [6.45, 7) is 2.51. The van der Waals surface area contributed by atoms with E-state index in [1.165, 1.54) is 17.7 Å². The van der Waals surface area contributed by atoms with Crippen LogP contribution in [0.3, 0.4) is 0 Å². The van der Waals surface area contributed by atoms with Crippen LogP contribution in [0.1, 0.15) is 51.4 Å². The number of fused-ring (bicyclic) bond motifs is 1. The summed E-state index contributed by atoms with van der Waals surface area (Å²) in [6, 6.07) is 0. The standard InChI is InChI=1S/C17H22N2O2S/c20-13(11-3-4-11)7-15-16(17(21)19-8-10-1-2-10)12-9-18-6-5-14(12)22-15/h10-11,18H,1-9H2,(H,19,21). The highest BCUT2D eigenvalue weighted by Crippen LogP contribution is 2.36. The predicted octanol–water partition coefficient (Wildman–Crippen LogP) is 2.06. The first-order valence-electron chi connectivity index (χ1n) is 8.37. The van der Waals surface area contributed by atoms with Crippen molar-refractivity contribution >= 4 is 23.0 Å². The summed E-state index contributed by atoms with van der Waals surface area (Å²) in [5, 5.41) is 6.44. The molecule has 0 bridgehead atoms. The maximum atomic E-state index is 12.7. The monoisotopic (exact) mass is 318 g/mol. The molecule has 0 radical (unpaired) electrons. The zero-order chi connectivity index (χ0) is 15.1. The number of hydrogen-bond acceptors (Lipinski definition) is 4. The van der Waals surface area contributed by atoms with E-state index >= 15 is 0 Å². The number of thiophene rings is 1. The molecule has 1 amide bonds. The number of Topliss-reactive ketones (excluding diaryl/α,β-unsaturated/α-hetero) is 1. The molecule has 0 spiro atoms. The van der Waals surface area contributed by atoms with Crippen molar-refractivity contribution in [2.75, 3.05) is 13.1 Å². The Bertz CT molecular complexity index is 614. The summed E-state index contributed by atoms with van der Waals surface area (Å²) in [6.07, 6.45) is 5.96. The highest BCUT2D eigenvalue weighted by molar-refractivity contribution is 7.12. The smallest absolute Gasteiger partial charge is 0.252 e. The molecule has 4 rings (SSSR count). The van der Waals surface area contributed by atoms with E-state index in [0.717, 1.165) is 54.9 Å². The number of hydrogen-bond donors (Lipinski definition) is 2. The Balaban J connectivity index is 1.58. The van der Waals surface area contributed by atoms with Crippen molar-refractivity contribution in [2.45, 2.75) is 45.1 Å². The molecule has 2 N–H and O–H groups in total.